The molecule has 2 aromatic rings. The Labute approximate surface area is 245 Å². The molecule has 0 spiro atoms. The molecule has 0 fully saturated rings. The highest BCUT2D eigenvalue weighted by Gasteiger charge is 2.29. The summed E-state index contributed by atoms with van der Waals surface area (Å²) in [5.74, 6) is -3.83. The van der Waals surface area contributed by atoms with E-state index >= 15 is 0 Å². The van der Waals surface area contributed by atoms with Gasteiger partial charge in [-0.1, -0.05) is 24.3 Å². The van der Waals surface area contributed by atoms with Crippen LogP contribution in [0.3, 0.4) is 0 Å². The number of hydrogen-bond donors (Lipinski definition) is 10. The highest BCUT2D eigenvalue weighted by molar-refractivity contribution is 5.93. The molecule has 0 aliphatic rings. The van der Waals surface area contributed by atoms with E-state index in [1.807, 2.05) is 32.0 Å². The topological polar surface area (TPSA) is 221 Å². The number of phenolic OH excluding ortho intramolecular Hbond substituents is 2. The third-order valence-electron chi connectivity index (χ3n) is 5.74. The van der Waals surface area contributed by atoms with Gasteiger partial charge < -0.3 is 63.7 Å². The van der Waals surface area contributed by atoms with Crippen molar-refractivity contribution in [2.45, 2.75) is 46.0 Å². The Hall–Kier alpha value is -3.46. The summed E-state index contributed by atoms with van der Waals surface area (Å²) >= 11 is 0. The van der Waals surface area contributed by atoms with Crippen LogP contribution in [0.2, 0.25) is 0 Å². The first-order valence-corrected chi connectivity index (χ1v) is 12.6. The minimum absolute atomic E-state index is 0. The summed E-state index contributed by atoms with van der Waals surface area (Å²) in [5, 5.41) is 66.0. The zero-order valence-electron chi connectivity index (χ0n) is 23.8. The largest absolute Gasteiger partial charge is 1.00 e. The summed E-state index contributed by atoms with van der Waals surface area (Å²) < 4.78 is 0. The zero-order valence-corrected chi connectivity index (χ0v) is 24.5. The molecule has 0 unspecified atom stereocenters. The first kappa shape index (κ1) is 39.7. The Balaban J connectivity index is 0. The molecule has 1 amide bonds. The van der Waals surface area contributed by atoms with E-state index < -0.39 is 30.3 Å². The number of phenols is 2. The van der Waals surface area contributed by atoms with Crippen molar-refractivity contribution in [3.63, 3.8) is 0 Å². The van der Waals surface area contributed by atoms with Gasteiger partial charge in [0.25, 0.3) is 5.91 Å². The van der Waals surface area contributed by atoms with Gasteiger partial charge in [0.05, 0.1) is 19.2 Å². The maximum absolute atomic E-state index is 11.9. The summed E-state index contributed by atoms with van der Waals surface area (Å²) in [4.78, 5) is 32.8. The van der Waals surface area contributed by atoms with Crippen molar-refractivity contribution in [2.24, 2.45) is 0 Å². The molecule has 0 radical (unpaired) electrons. The average Bonchev–Trinajstić information content (AvgIpc) is 2.90. The standard InChI is InChI=1S/C14H22N2O.C9H13NO3.C4H6O6.ClH/c1-5-16(6-2)10-13(17)15-14-11(3)8-7-9-12(14)4;1-10-5-9(13)6-2-3-7(11)8(12)4-6;5-1(3(7)8)2(6)4(9)10;/h7-9H,5-6,10H2,1-4H3,(H,15,17);2-4,9-13H,5H2,1H3;1-2,5-6H,(H,7,8)(H,9,10);1H/t;9-;1-,2-;/m.01./s1. The van der Waals surface area contributed by atoms with E-state index in [2.05, 4.69) is 24.5 Å². The SMILES string of the molecule is CC[NH+](CC)CC(=O)Nc1c(C)cccc1C.CNC[C@H](O)c1ccc(O)c(O)c1.O=C(O)[C@H](O)[C@@H](O)C(=O)O.[Cl-]. The molecule has 3 atom stereocenters. The number of carbonyl (C=O) groups is 3. The van der Waals surface area contributed by atoms with Crippen LogP contribution in [0.25, 0.3) is 0 Å². The number of benzene rings is 2. The molecular formula is C27H42ClN3O10. The number of hydrogen-bond acceptors (Lipinski definition) is 9. The summed E-state index contributed by atoms with van der Waals surface area (Å²) in [6.45, 7) is 11.2. The van der Waals surface area contributed by atoms with Crippen molar-refractivity contribution in [1.29, 1.82) is 0 Å². The summed E-state index contributed by atoms with van der Waals surface area (Å²) in [6.07, 6.45) is -5.20. The molecular weight excluding hydrogens is 562 g/mol. The number of carbonyl (C=O) groups excluding carboxylic acids is 1. The van der Waals surface area contributed by atoms with Crippen molar-refractivity contribution in [3.05, 3.63) is 53.1 Å². The van der Waals surface area contributed by atoms with E-state index in [1.165, 1.54) is 17.0 Å². The van der Waals surface area contributed by atoms with Crippen LogP contribution >= 0.6 is 0 Å². The van der Waals surface area contributed by atoms with Crippen LogP contribution in [0.4, 0.5) is 5.69 Å². The molecule has 232 valence electrons. The second-order valence-corrected chi connectivity index (χ2v) is 8.84. The lowest BCUT2D eigenvalue weighted by Gasteiger charge is -2.16. The highest BCUT2D eigenvalue weighted by atomic mass is 35.5. The normalized spacial score (nSPS) is 12.3. The van der Waals surface area contributed by atoms with Crippen LogP contribution in [0, 0.1) is 13.8 Å². The number of halogens is 1. The molecule has 41 heavy (non-hydrogen) atoms. The minimum atomic E-state index is -2.27. The monoisotopic (exact) mass is 603 g/mol. The highest BCUT2D eigenvalue weighted by Crippen LogP contribution is 2.27. The van der Waals surface area contributed by atoms with Crippen LogP contribution < -0.4 is 27.9 Å². The summed E-state index contributed by atoms with van der Waals surface area (Å²) in [5.41, 5.74) is 3.77. The lowest BCUT2D eigenvalue weighted by atomic mass is 10.1. The molecule has 0 bridgehead atoms. The number of carboxylic acid groups (broad SMARTS) is 2. The number of likely N-dealkylation sites (N-methyl/N-ethyl adjacent to an activating group) is 2. The molecule has 0 aliphatic carbocycles. The molecule has 0 heterocycles. The number of quaternary nitrogens is 1. The quantitative estimate of drug-likeness (QED) is 0.113. The molecule has 2 rings (SSSR count). The average molecular weight is 604 g/mol. The number of aliphatic carboxylic acids is 2. The van der Waals surface area contributed by atoms with Crippen LogP contribution in [0.15, 0.2) is 36.4 Å². The smallest absolute Gasteiger partial charge is 0.335 e. The van der Waals surface area contributed by atoms with Gasteiger partial charge in [0.2, 0.25) is 0 Å². The lowest BCUT2D eigenvalue weighted by molar-refractivity contribution is -0.888. The summed E-state index contributed by atoms with van der Waals surface area (Å²) in [7, 11) is 1.73. The number of aliphatic hydroxyl groups excluding tert-OH is 3. The molecule has 0 saturated carbocycles. The van der Waals surface area contributed by atoms with Crippen LogP contribution in [0.5, 0.6) is 11.5 Å². The number of anilines is 1. The molecule has 0 aliphatic heterocycles. The first-order chi connectivity index (χ1) is 18.7. The van der Waals surface area contributed by atoms with Gasteiger partial charge in [-0.25, -0.2) is 9.59 Å². The van der Waals surface area contributed by atoms with Gasteiger partial charge in [0, 0.05) is 12.2 Å². The van der Waals surface area contributed by atoms with Gasteiger partial charge in [-0.2, -0.15) is 0 Å². The molecule has 14 heteroatoms. The van der Waals surface area contributed by atoms with E-state index in [1.54, 1.807) is 13.1 Å². The van der Waals surface area contributed by atoms with E-state index in [0.717, 1.165) is 29.9 Å². The predicted octanol–water partition coefficient (Wildman–Crippen LogP) is -3.60. The number of aromatic hydroxyl groups is 2. The number of rotatable bonds is 11. The Morgan fingerprint density at radius 1 is 0.854 bits per heavy atom. The van der Waals surface area contributed by atoms with Gasteiger partial charge in [-0.3, -0.25) is 4.79 Å². The molecule has 13 nitrogen and oxygen atoms in total. The Bertz CT molecular complexity index is 1060. The third-order valence-corrected chi connectivity index (χ3v) is 5.74. The first-order valence-electron chi connectivity index (χ1n) is 12.6. The van der Waals surface area contributed by atoms with Crippen LogP contribution in [0.1, 0.15) is 36.6 Å². The second kappa shape index (κ2) is 20.4. The third kappa shape index (κ3) is 14.7. The Kier molecular flexibility index (Phi) is 19.8. The maximum Gasteiger partial charge on any atom is 0.335 e. The zero-order chi connectivity index (χ0) is 31.0. The van der Waals surface area contributed by atoms with Crippen molar-refractivity contribution in [3.8, 4) is 11.5 Å². The number of nitrogens with one attached hydrogen (secondary N) is 3. The molecule has 0 aromatic heterocycles. The Morgan fingerprint density at radius 3 is 1.73 bits per heavy atom. The van der Waals surface area contributed by atoms with E-state index in [-0.39, 0.29) is 29.8 Å². The van der Waals surface area contributed by atoms with Crippen molar-refractivity contribution < 1.29 is 67.4 Å². The van der Waals surface area contributed by atoms with E-state index in [4.69, 9.17) is 30.6 Å². The number of amides is 1. The summed E-state index contributed by atoms with van der Waals surface area (Å²) in [6, 6.07) is 10.3. The van der Waals surface area contributed by atoms with Crippen molar-refractivity contribution in [2.75, 3.05) is 38.5 Å². The van der Waals surface area contributed by atoms with Gasteiger partial charge in [0.1, 0.15) is 0 Å². The van der Waals surface area contributed by atoms with Crippen molar-refractivity contribution >= 4 is 23.5 Å². The van der Waals surface area contributed by atoms with Crippen LogP contribution in [-0.4, -0.2) is 99.0 Å². The van der Waals surface area contributed by atoms with E-state index in [9.17, 15) is 19.5 Å². The fourth-order valence-electron chi connectivity index (χ4n) is 3.25. The van der Waals surface area contributed by atoms with Gasteiger partial charge in [-0.05, 0) is 63.6 Å². The number of aliphatic hydroxyl groups is 3. The molecule has 0 saturated heterocycles. The van der Waals surface area contributed by atoms with Gasteiger partial charge >= 0.3 is 11.9 Å². The lowest BCUT2D eigenvalue weighted by Crippen LogP contribution is -3.12. The number of para-hydroxylation sites is 1. The van der Waals surface area contributed by atoms with Crippen LogP contribution in [-0.2, 0) is 14.4 Å². The van der Waals surface area contributed by atoms with E-state index in [0.29, 0.717) is 18.7 Å². The molecule has 2 aromatic carbocycles. The minimum Gasteiger partial charge on any atom is -1.00 e. The maximum atomic E-state index is 11.9. The Morgan fingerprint density at radius 2 is 1.34 bits per heavy atom. The van der Waals surface area contributed by atoms with Gasteiger partial charge in [-0.15, -0.1) is 0 Å². The predicted molar refractivity (Wildman–Crippen MR) is 147 cm³/mol. The fourth-order valence-corrected chi connectivity index (χ4v) is 3.25. The molecule has 10 N–H and O–H groups in total. The van der Waals surface area contributed by atoms with Gasteiger partial charge in [0.15, 0.2) is 30.3 Å². The second-order valence-electron chi connectivity index (χ2n) is 8.84. The number of aryl methyl sites for hydroxylation is 2. The number of carboxylic acids is 2. The fraction of sp³-hybridized carbons (Fsp3) is 0.444. The van der Waals surface area contributed by atoms with Crippen molar-refractivity contribution in [1.82, 2.24) is 5.32 Å².